The summed E-state index contributed by atoms with van der Waals surface area (Å²) in [7, 11) is 0. The average Bonchev–Trinajstić information content (AvgIpc) is 2.33. The summed E-state index contributed by atoms with van der Waals surface area (Å²) >= 11 is 0. The van der Waals surface area contributed by atoms with Crippen LogP contribution in [0.15, 0.2) is 42.7 Å². The molecule has 88 valence electrons. The molecule has 0 bridgehead atoms. The monoisotopic (exact) mass is 227 g/mol. The third-order valence-electron chi connectivity index (χ3n) is 2.71. The van der Waals surface area contributed by atoms with Crippen LogP contribution in [0.5, 0.6) is 5.75 Å². The molecule has 2 nitrogen and oxygen atoms in total. The highest BCUT2D eigenvalue weighted by Gasteiger charge is 2.01. The van der Waals surface area contributed by atoms with Gasteiger partial charge in [-0.05, 0) is 23.6 Å². The fourth-order valence-electron chi connectivity index (χ4n) is 1.68. The number of nitrogens with zero attached hydrogens (tertiary/aromatic N) is 1. The number of rotatable bonds is 3. The molecule has 0 saturated heterocycles. The zero-order valence-electron chi connectivity index (χ0n) is 9.35. The molecule has 0 aliphatic heterocycles. The standard InChI is InChI=1S/C14H15NO.BH3/c1-2-11-3-5-12(6-4-11)9-13-7-8-15-10-14(13)16;/h3-8,10,16H,2,9H2,1H3;1H3. The van der Waals surface area contributed by atoms with E-state index < -0.39 is 0 Å². The lowest BCUT2D eigenvalue weighted by Gasteiger charge is -2.04. The summed E-state index contributed by atoms with van der Waals surface area (Å²) in [6, 6.07) is 10.3. The van der Waals surface area contributed by atoms with Gasteiger partial charge in [0.15, 0.2) is 0 Å². The predicted octanol–water partition coefficient (Wildman–Crippen LogP) is 1.76. The summed E-state index contributed by atoms with van der Waals surface area (Å²) in [4.78, 5) is 3.86. The first kappa shape index (κ1) is 13.3. The number of pyridine rings is 1. The maximum atomic E-state index is 9.61. The summed E-state index contributed by atoms with van der Waals surface area (Å²) < 4.78 is 0. The van der Waals surface area contributed by atoms with Gasteiger partial charge in [0, 0.05) is 18.2 Å². The third kappa shape index (κ3) is 3.35. The third-order valence-corrected chi connectivity index (χ3v) is 2.71. The van der Waals surface area contributed by atoms with Crippen molar-refractivity contribution in [2.45, 2.75) is 19.8 Å². The van der Waals surface area contributed by atoms with E-state index >= 15 is 0 Å². The Labute approximate surface area is 104 Å². The highest BCUT2D eigenvalue weighted by Crippen LogP contribution is 2.18. The second-order valence-corrected chi connectivity index (χ2v) is 3.85. The Morgan fingerprint density at radius 3 is 2.29 bits per heavy atom. The fourth-order valence-corrected chi connectivity index (χ4v) is 1.68. The molecule has 1 N–H and O–H groups in total. The van der Waals surface area contributed by atoms with E-state index in [0.29, 0.717) is 0 Å². The van der Waals surface area contributed by atoms with E-state index in [9.17, 15) is 5.11 Å². The van der Waals surface area contributed by atoms with Crippen LogP contribution in [0.3, 0.4) is 0 Å². The minimum absolute atomic E-state index is 0. The Kier molecular flexibility index (Phi) is 4.76. The molecule has 1 heterocycles. The van der Waals surface area contributed by atoms with E-state index in [-0.39, 0.29) is 14.2 Å². The number of aromatic hydroxyl groups is 1. The van der Waals surface area contributed by atoms with Gasteiger partial charge in [-0.1, -0.05) is 31.2 Å². The molecule has 0 radical (unpaired) electrons. The summed E-state index contributed by atoms with van der Waals surface area (Å²) in [6.07, 6.45) is 4.99. The first-order valence-electron chi connectivity index (χ1n) is 5.49. The van der Waals surface area contributed by atoms with Crippen LogP contribution in [0, 0.1) is 0 Å². The van der Waals surface area contributed by atoms with Crippen molar-refractivity contribution >= 4 is 8.41 Å². The summed E-state index contributed by atoms with van der Waals surface area (Å²) in [5, 5.41) is 9.61. The lowest BCUT2D eigenvalue weighted by molar-refractivity contribution is 0.466. The summed E-state index contributed by atoms with van der Waals surface area (Å²) in [5.74, 6) is 0.266. The Hall–Kier alpha value is -1.77. The Balaban J connectivity index is 0.00000144. The normalized spacial score (nSPS) is 9.71. The molecule has 2 aromatic rings. The van der Waals surface area contributed by atoms with Gasteiger partial charge in [0.2, 0.25) is 0 Å². The van der Waals surface area contributed by atoms with Crippen LogP contribution < -0.4 is 0 Å². The first-order chi connectivity index (χ1) is 7.79. The molecule has 0 fully saturated rings. The molecule has 0 aliphatic carbocycles. The van der Waals surface area contributed by atoms with Crippen molar-refractivity contribution < 1.29 is 5.11 Å². The van der Waals surface area contributed by atoms with E-state index in [1.54, 1.807) is 6.20 Å². The molecule has 0 spiro atoms. The van der Waals surface area contributed by atoms with Crippen molar-refractivity contribution in [3.8, 4) is 5.75 Å². The van der Waals surface area contributed by atoms with Gasteiger partial charge in [-0.3, -0.25) is 4.98 Å². The smallest absolute Gasteiger partial charge is 0.137 e. The minimum atomic E-state index is 0. The van der Waals surface area contributed by atoms with E-state index in [0.717, 1.165) is 18.4 Å². The van der Waals surface area contributed by atoms with Gasteiger partial charge >= 0.3 is 0 Å². The maximum Gasteiger partial charge on any atom is 0.137 e. The number of hydrogen-bond donors (Lipinski definition) is 1. The molecule has 3 heteroatoms. The molecule has 0 aliphatic rings. The number of aryl methyl sites for hydroxylation is 1. The Morgan fingerprint density at radius 2 is 1.71 bits per heavy atom. The first-order valence-corrected chi connectivity index (χ1v) is 5.49. The van der Waals surface area contributed by atoms with Crippen molar-refractivity contribution in [2.24, 2.45) is 0 Å². The number of benzene rings is 1. The lowest BCUT2D eigenvalue weighted by atomic mass is 10.0. The lowest BCUT2D eigenvalue weighted by Crippen LogP contribution is -1.90. The van der Waals surface area contributed by atoms with E-state index in [1.165, 1.54) is 17.3 Å². The van der Waals surface area contributed by atoms with Crippen LogP contribution in [-0.2, 0) is 12.8 Å². The van der Waals surface area contributed by atoms with Crippen LogP contribution in [0.1, 0.15) is 23.6 Å². The average molecular weight is 227 g/mol. The van der Waals surface area contributed by atoms with Gasteiger partial charge in [-0.2, -0.15) is 0 Å². The van der Waals surface area contributed by atoms with Crippen LogP contribution in [-0.4, -0.2) is 18.5 Å². The molecule has 2 rings (SSSR count). The zero-order chi connectivity index (χ0) is 11.4. The van der Waals surface area contributed by atoms with E-state index in [4.69, 9.17) is 0 Å². The van der Waals surface area contributed by atoms with Gasteiger partial charge in [0.05, 0.1) is 14.6 Å². The van der Waals surface area contributed by atoms with Crippen molar-refractivity contribution in [2.75, 3.05) is 0 Å². The van der Waals surface area contributed by atoms with Crippen molar-refractivity contribution in [3.63, 3.8) is 0 Å². The van der Waals surface area contributed by atoms with Crippen LogP contribution in [0.4, 0.5) is 0 Å². The quantitative estimate of drug-likeness (QED) is 0.810. The van der Waals surface area contributed by atoms with Gasteiger partial charge in [0.25, 0.3) is 0 Å². The molecule has 0 atom stereocenters. The fraction of sp³-hybridized carbons (Fsp3) is 0.214. The van der Waals surface area contributed by atoms with Crippen molar-refractivity contribution in [1.82, 2.24) is 4.98 Å². The number of hydrogen-bond acceptors (Lipinski definition) is 2. The Morgan fingerprint density at radius 1 is 1.06 bits per heavy atom. The van der Waals surface area contributed by atoms with E-state index in [1.807, 2.05) is 6.07 Å². The predicted molar refractivity (Wildman–Crippen MR) is 74.5 cm³/mol. The zero-order valence-corrected chi connectivity index (χ0v) is 9.35. The summed E-state index contributed by atoms with van der Waals surface area (Å²) in [5.41, 5.74) is 3.46. The van der Waals surface area contributed by atoms with Gasteiger partial charge in [0.1, 0.15) is 5.75 Å². The Bertz CT molecular complexity index is 468. The maximum absolute atomic E-state index is 9.61. The molecule has 1 aromatic heterocycles. The molecular formula is C14H18BNO. The molecule has 0 amide bonds. The molecule has 0 unspecified atom stereocenters. The molecule has 1 aromatic carbocycles. The van der Waals surface area contributed by atoms with Gasteiger partial charge < -0.3 is 5.11 Å². The molecular weight excluding hydrogens is 209 g/mol. The molecule has 17 heavy (non-hydrogen) atoms. The highest BCUT2D eigenvalue weighted by molar-refractivity contribution is 5.75. The largest absolute Gasteiger partial charge is 0.506 e. The summed E-state index contributed by atoms with van der Waals surface area (Å²) in [6.45, 7) is 2.14. The van der Waals surface area contributed by atoms with Gasteiger partial charge in [-0.25, -0.2) is 0 Å². The van der Waals surface area contributed by atoms with E-state index in [2.05, 4.69) is 36.2 Å². The second kappa shape index (κ2) is 6.09. The van der Waals surface area contributed by atoms with Crippen LogP contribution >= 0.6 is 0 Å². The van der Waals surface area contributed by atoms with Crippen molar-refractivity contribution in [1.29, 1.82) is 0 Å². The topological polar surface area (TPSA) is 33.1 Å². The number of aromatic nitrogens is 1. The SMILES string of the molecule is B.CCc1ccc(Cc2ccncc2O)cc1. The minimum Gasteiger partial charge on any atom is -0.506 e. The van der Waals surface area contributed by atoms with Gasteiger partial charge in [-0.15, -0.1) is 0 Å². The van der Waals surface area contributed by atoms with Crippen LogP contribution in [0.2, 0.25) is 0 Å². The second-order valence-electron chi connectivity index (χ2n) is 3.85. The van der Waals surface area contributed by atoms with Crippen molar-refractivity contribution in [3.05, 3.63) is 59.4 Å². The van der Waals surface area contributed by atoms with Crippen LogP contribution in [0.25, 0.3) is 0 Å². The highest BCUT2D eigenvalue weighted by atomic mass is 16.3. The molecule has 0 saturated carbocycles.